The molecule has 2 heterocycles. The molecule has 3 rings (SSSR count). The van der Waals surface area contributed by atoms with Gasteiger partial charge in [0, 0.05) is 18.2 Å². The average Bonchev–Trinajstić information content (AvgIpc) is 2.50. The first-order valence-corrected chi connectivity index (χ1v) is 5.00. The van der Waals surface area contributed by atoms with Crippen molar-refractivity contribution in [1.29, 1.82) is 0 Å². The number of para-hydroxylation sites is 1. The molecule has 0 spiro atoms. The Morgan fingerprint density at radius 1 is 1.07 bits per heavy atom. The van der Waals surface area contributed by atoms with Gasteiger partial charge in [0.25, 0.3) is 0 Å². The lowest BCUT2D eigenvalue weighted by atomic mass is 9.99. The van der Waals surface area contributed by atoms with Crippen molar-refractivity contribution in [3.05, 3.63) is 53.6 Å². The minimum atomic E-state index is 0.846. The Kier molecular flexibility index (Phi) is 1.85. The number of aliphatic imine (C=N–C) groups is 2. The highest BCUT2D eigenvalue weighted by Gasteiger charge is 2.15. The van der Waals surface area contributed by atoms with Gasteiger partial charge >= 0.3 is 0 Å². The first kappa shape index (κ1) is 8.36. The maximum absolute atomic E-state index is 4.54. The molecule has 0 aromatic heterocycles. The summed E-state index contributed by atoms with van der Waals surface area (Å²) in [6.45, 7) is 0. The zero-order valence-corrected chi connectivity index (χ0v) is 8.22. The van der Waals surface area contributed by atoms with Crippen molar-refractivity contribution in [3.8, 4) is 0 Å². The molecule has 0 fully saturated rings. The second-order valence-electron chi connectivity index (χ2n) is 3.60. The smallest absolute Gasteiger partial charge is 0.155 e. The van der Waals surface area contributed by atoms with Crippen LogP contribution in [0.15, 0.2) is 58.1 Å². The number of allylic oxidation sites excluding steroid dienone is 3. The highest BCUT2D eigenvalue weighted by atomic mass is 14.9. The second-order valence-corrected chi connectivity index (χ2v) is 3.60. The molecule has 0 aliphatic carbocycles. The number of rotatable bonds is 0. The van der Waals surface area contributed by atoms with Crippen molar-refractivity contribution < 1.29 is 0 Å². The van der Waals surface area contributed by atoms with E-state index in [0.29, 0.717) is 0 Å². The van der Waals surface area contributed by atoms with Crippen molar-refractivity contribution in [3.63, 3.8) is 0 Å². The molecule has 1 aromatic rings. The van der Waals surface area contributed by atoms with E-state index in [0.717, 1.165) is 17.9 Å². The van der Waals surface area contributed by atoms with Crippen LogP contribution in [0.25, 0.3) is 0 Å². The van der Waals surface area contributed by atoms with E-state index in [1.54, 1.807) is 6.21 Å². The summed E-state index contributed by atoms with van der Waals surface area (Å²) in [6.07, 6.45) is 8.74. The van der Waals surface area contributed by atoms with Crippen molar-refractivity contribution in [2.45, 2.75) is 6.42 Å². The molecule has 0 amide bonds. The first-order valence-electron chi connectivity index (χ1n) is 5.00. The quantitative estimate of drug-likeness (QED) is 0.606. The molecule has 0 saturated heterocycles. The number of hydrogen-bond donors (Lipinski definition) is 0. The average molecular weight is 194 g/mol. The highest BCUT2D eigenvalue weighted by molar-refractivity contribution is 6.07. The summed E-state index contributed by atoms with van der Waals surface area (Å²) < 4.78 is 0. The van der Waals surface area contributed by atoms with Gasteiger partial charge in [-0.05, 0) is 17.7 Å². The van der Waals surface area contributed by atoms with E-state index < -0.39 is 0 Å². The molecule has 0 N–H and O–H groups in total. The van der Waals surface area contributed by atoms with Crippen molar-refractivity contribution in [2.75, 3.05) is 0 Å². The number of benzene rings is 1. The van der Waals surface area contributed by atoms with E-state index in [1.807, 2.05) is 24.3 Å². The van der Waals surface area contributed by atoms with Gasteiger partial charge in [0.1, 0.15) is 0 Å². The molecule has 0 radical (unpaired) electrons. The maximum Gasteiger partial charge on any atom is 0.155 e. The molecule has 0 unspecified atom stereocenters. The van der Waals surface area contributed by atoms with Crippen LogP contribution in [0.1, 0.15) is 5.56 Å². The van der Waals surface area contributed by atoms with Crippen LogP contribution in [0.4, 0.5) is 5.69 Å². The first-order chi connectivity index (χ1) is 7.43. The largest absolute Gasteiger partial charge is 0.237 e. The second kappa shape index (κ2) is 3.31. The maximum atomic E-state index is 4.54. The SMILES string of the molecule is C1=CC=C2Cc3ccccc3N=C2N=C1. The molecule has 2 nitrogen and oxygen atoms in total. The van der Waals surface area contributed by atoms with Crippen LogP contribution in [0.5, 0.6) is 0 Å². The van der Waals surface area contributed by atoms with Gasteiger partial charge in [-0.3, -0.25) is 0 Å². The Labute approximate surface area is 88.4 Å². The van der Waals surface area contributed by atoms with Gasteiger partial charge in [-0.25, -0.2) is 9.98 Å². The summed E-state index contributed by atoms with van der Waals surface area (Å²) in [5.74, 6) is 0.846. The minimum Gasteiger partial charge on any atom is -0.237 e. The zero-order valence-electron chi connectivity index (χ0n) is 8.22. The number of nitrogens with zero attached hydrogens (tertiary/aromatic N) is 2. The van der Waals surface area contributed by atoms with Gasteiger partial charge in [0.2, 0.25) is 0 Å². The van der Waals surface area contributed by atoms with E-state index in [1.165, 1.54) is 11.1 Å². The molecule has 0 atom stereocenters. The van der Waals surface area contributed by atoms with E-state index in [-0.39, 0.29) is 0 Å². The lowest BCUT2D eigenvalue weighted by Gasteiger charge is -2.14. The number of fused-ring (bicyclic) bond motifs is 2. The fourth-order valence-corrected chi connectivity index (χ4v) is 1.82. The van der Waals surface area contributed by atoms with E-state index in [4.69, 9.17) is 0 Å². The van der Waals surface area contributed by atoms with E-state index >= 15 is 0 Å². The van der Waals surface area contributed by atoms with Gasteiger partial charge in [-0.1, -0.05) is 30.4 Å². The van der Waals surface area contributed by atoms with Crippen LogP contribution >= 0.6 is 0 Å². The summed E-state index contributed by atoms with van der Waals surface area (Å²) in [6, 6.07) is 8.22. The molecule has 15 heavy (non-hydrogen) atoms. The summed E-state index contributed by atoms with van der Waals surface area (Å²) in [7, 11) is 0. The Morgan fingerprint density at radius 3 is 3.00 bits per heavy atom. The van der Waals surface area contributed by atoms with Crippen LogP contribution < -0.4 is 0 Å². The molecule has 1 aromatic carbocycles. The summed E-state index contributed by atoms with van der Waals surface area (Å²) in [5, 5.41) is 0. The topological polar surface area (TPSA) is 24.7 Å². The molecule has 2 aliphatic heterocycles. The fourth-order valence-electron chi connectivity index (χ4n) is 1.82. The van der Waals surface area contributed by atoms with Crippen molar-refractivity contribution in [2.24, 2.45) is 9.98 Å². The highest BCUT2D eigenvalue weighted by Crippen LogP contribution is 2.28. The predicted molar refractivity (Wildman–Crippen MR) is 63.0 cm³/mol. The lowest BCUT2D eigenvalue weighted by Crippen LogP contribution is -2.07. The number of hydrogen-bond acceptors (Lipinski definition) is 2. The Hall–Kier alpha value is -1.96. The predicted octanol–water partition coefficient (Wildman–Crippen LogP) is 2.84. The molecule has 2 heteroatoms. The summed E-state index contributed by atoms with van der Waals surface area (Å²) in [4.78, 5) is 8.85. The minimum absolute atomic E-state index is 0.846. The van der Waals surface area contributed by atoms with Gasteiger partial charge in [0.05, 0.1) is 5.69 Å². The summed E-state index contributed by atoms with van der Waals surface area (Å²) in [5.41, 5.74) is 3.51. The van der Waals surface area contributed by atoms with Crippen LogP contribution in [0, 0.1) is 0 Å². The van der Waals surface area contributed by atoms with Crippen LogP contribution in [0.3, 0.4) is 0 Å². The molecule has 0 bridgehead atoms. The van der Waals surface area contributed by atoms with Crippen molar-refractivity contribution >= 4 is 17.7 Å². The normalized spacial score (nSPS) is 17.3. The van der Waals surface area contributed by atoms with Crippen LogP contribution in [-0.2, 0) is 6.42 Å². The number of amidine groups is 1. The standard InChI is InChI=1S/C13H10N2/c1-2-7-12-10(5-1)9-11-6-3-4-8-14-13(11)15-12/h1-8H,9H2. The lowest BCUT2D eigenvalue weighted by molar-refractivity contribution is 1.16. The zero-order chi connectivity index (χ0) is 10.1. The molecule has 2 aliphatic rings. The fraction of sp³-hybridized carbons (Fsp3) is 0.0769. The van der Waals surface area contributed by atoms with Gasteiger partial charge < -0.3 is 0 Å². The van der Waals surface area contributed by atoms with E-state index in [2.05, 4.69) is 28.2 Å². The Morgan fingerprint density at radius 2 is 2.00 bits per heavy atom. The molecule has 72 valence electrons. The third kappa shape index (κ3) is 1.44. The molecule has 0 saturated carbocycles. The molecular weight excluding hydrogens is 184 g/mol. The Bertz CT molecular complexity index is 519. The summed E-state index contributed by atoms with van der Waals surface area (Å²) >= 11 is 0. The van der Waals surface area contributed by atoms with Crippen LogP contribution in [0.2, 0.25) is 0 Å². The van der Waals surface area contributed by atoms with Gasteiger partial charge in [-0.2, -0.15) is 0 Å². The van der Waals surface area contributed by atoms with Gasteiger partial charge in [0.15, 0.2) is 5.84 Å². The van der Waals surface area contributed by atoms with Gasteiger partial charge in [-0.15, -0.1) is 0 Å². The van der Waals surface area contributed by atoms with Crippen LogP contribution in [-0.4, -0.2) is 12.1 Å². The third-order valence-corrected chi connectivity index (χ3v) is 2.58. The van der Waals surface area contributed by atoms with Crippen molar-refractivity contribution in [1.82, 2.24) is 0 Å². The Balaban J connectivity index is 2.17. The van der Waals surface area contributed by atoms with E-state index in [9.17, 15) is 0 Å². The molecular formula is C13H10N2. The third-order valence-electron chi connectivity index (χ3n) is 2.58. The monoisotopic (exact) mass is 194 g/mol.